The van der Waals surface area contributed by atoms with E-state index in [1.54, 1.807) is 17.2 Å². The summed E-state index contributed by atoms with van der Waals surface area (Å²) in [4.78, 5) is 27.0. The molecule has 0 unspecified atom stereocenters. The highest BCUT2D eigenvalue weighted by Gasteiger charge is 2.35. The van der Waals surface area contributed by atoms with Crippen LogP contribution in [0.4, 0.5) is 20.6 Å². The van der Waals surface area contributed by atoms with Crippen LogP contribution in [0.3, 0.4) is 0 Å². The van der Waals surface area contributed by atoms with E-state index in [4.69, 9.17) is 14.2 Å². The van der Waals surface area contributed by atoms with Gasteiger partial charge >= 0.3 is 6.09 Å². The average molecular weight is 671 g/mol. The predicted octanol–water partition coefficient (Wildman–Crippen LogP) is 4.76. The van der Waals surface area contributed by atoms with Crippen molar-refractivity contribution < 1.29 is 31.8 Å². The topological polar surface area (TPSA) is 126 Å². The normalized spacial score (nSPS) is 19.4. The van der Waals surface area contributed by atoms with Gasteiger partial charge in [0.1, 0.15) is 11.4 Å². The molecule has 0 bridgehead atoms. The van der Waals surface area contributed by atoms with Crippen LogP contribution >= 0.6 is 0 Å². The van der Waals surface area contributed by atoms with E-state index in [1.807, 2.05) is 45.6 Å². The Balaban J connectivity index is 1.29. The summed E-state index contributed by atoms with van der Waals surface area (Å²) in [5, 5.41) is 0. The smallest absolute Gasteiger partial charge is 0.410 e. The number of nitrogens with one attached hydrogen (secondary N) is 1. The number of ether oxygens (including phenoxy) is 3. The Morgan fingerprint density at radius 3 is 2.40 bits per heavy atom. The summed E-state index contributed by atoms with van der Waals surface area (Å²) >= 11 is 0. The van der Waals surface area contributed by atoms with E-state index >= 15 is 4.39 Å². The van der Waals surface area contributed by atoms with Crippen LogP contribution in [0.1, 0.15) is 40.2 Å². The van der Waals surface area contributed by atoms with Crippen molar-refractivity contribution in [3.63, 3.8) is 0 Å². The van der Waals surface area contributed by atoms with Crippen molar-refractivity contribution >= 4 is 27.5 Å². The molecule has 1 N–H and O–H groups in total. The molecule has 5 rings (SSSR count). The third kappa shape index (κ3) is 8.29. The first kappa shape index (κ1) is 34.3. The highest BCUT2D eigenvalue weighted by molar-refractivity contribution is 7.92. The Bertz CT molecular complexity index is 1680. The average Bonchev–Trinajstić information content (AvgIpc) is 3.00. The predicted molar refractivity (Wildman–Crippen MR) is 177 cm³/mol. The Labute approximate surface area is 275 Å². The summed E-state index contributed by atoms with van der Waals surface area (Å²) < 4.78 is 61.4. The van der Waals surface area contributed by atoms with Gasteiger partial charge in [-0.1, -0.05) is 12.1 Å². The van der Waals surface area contributed by atoms with Crippen molar-refractivity contribution in [2.75, 3.05) is 56.1 Å². The summed E-state index contributed by atoms with van der Waals surface area (Å²) in [7, 11) is -2.79. The van der Waals surface area contributed by atoms with E-state index in [-0.39, 0.29) is 40.2 Å². The molecule has 2 aromatic heterocycles. The summed E-state index contributed by atoms with van der Waals surface area (Å²) in [6, 6.07) is 7.90. The lowest BCUT2D eigenvalue weighted by Gasteiger charge is -2.44. The Kier molecular flexibility index (Phi) is 10.2. The van der Waals surface area contributed by atoms with Gasteiger partial charge in [-0.25, -0.2) is 22.6 Å². The highest BCUT2D eigenvalue weighted by atomic mass is 32.2. The summed E-state index contributed by atoms with van der Waals surface area (Å²) in [5.41, 5.74) is 1.70. The number of rotatable bonds is 8. The third-order valence-corrected chi connectivity index (χ3v) is 9.38. The van der Waals surface area contributed by atoms with Gasteiger partial charge in [0, 0.05) is 62.1 Å². The molecule has 47 heavy (non-hydrogen) atoms. The Morgan fingerprint density at radius 1 is 1.06 bits per heavy atom. The number of morpholine rings is 1. The van der Waals surface area contributed by atoms with Gasteiger partial charge in [-0.3, -0.25) is 14.6 Å². The maximum Gasteiger partial charge on any atom is 0.410 e. The zero-order chi connectivity index (χ0) is 33.9. The van der Waals surface area contributed by atoms with Gasteiger partial charge in [-0.2, -0.15) is 0 Å². The van der Waals surface area contributed by atoms with Crippen molar-refractivity contribution in [2.45, 2.75) is 63.7 Å². The number of halogens is 1. The minimum absolute atomic E-state index is 0.0460. The molecule has 2 fully saturated rings. The number of pyridine rings is 2. The highest BCUT2D eigenvalue weighted by Crippen LogP contribution is 2.31. The fraction of sp³-hybridized carbons (Fsp3) is 0.485. The number of carbonyl (C=O) groups is 1. The number of nitrogens with zero attached hydrogens (tertiary/aromatic N) is 5. The molecular weight excluding hydrogens is 627 g/mol. The van der Waals surface area contributed by atoms with Gasteiger partial charge < -0.3 is 24.0 Å². The van der Waals surface area contributed by atoms with Crippen molar-refractivity contribution in [1.82, 2.24) is 19.8 Å². The molecule has 3 aromatic rings. The number of sulfonamides is 1. The lowest BCUT2D eigenvalue weighted by atomic mass is 10.0. The molecule has 1 amide bonds. The minimum atomic E-state index is -4.14. The van der Waals surface area contributed by atoms with Gasteiger partial charge in [0.25, 0.3) is 10.0 Å². The number of amides is 1. The van der Waals surface area contributed by atoms with Crippen LogP contribution in [0.2, 0.25) is 0 Å². The molecule has 2 atom stereocenters. The second-order valence-electron chi connectivity index (χ2n) is 13.0. The zero-order valence-electron chi connectivity index (χ0n) is 27.7. The van der Waals surface area contributed by atoms with E-state index in [9.17, 15) is 13.2 Å². The first-order chi connectivity index (χ1) is 22.2. The van der Waals surface area contributed by atoms with Crippen molar-refractivity contribution in [3.05, 3.63) is 60.3 Å². The van der Waals surface area contributed by atoms with Gasteiger partial charge in [0.2, 0.25) is 5.88 Å². The van der Waals surface area contributed by atoms with Crippen LogP contribution in [0.25, 0.3) is 11.1 Å². The molecule has 2 aliphatic rings. The summed E-state index contributed by atoms with van der Waals surface area (Å²) in [6.07, 6.45) is 4.08. The Hall–Kier alpha value is -4.01. The zero-order valence-corrected chi connectivity index (χ0v) is 28.5. The number of hydrogen-bond acceptors (Lipinski definition) is 10. The second-order valence-corrected chi connectivity index (χ2v) is 14.6. The van der Waals surface area contributed by atoms with E-state index in [1.165, 1.54) is 37.7 Å². The molecule has 0 spiro atoms. The SMILES string of the molecule is COc1ncc(N2CCOCC2)cc1S(=O)(=O)Nc1cncc(-c2ccc(CN3C[C@@H](C)N(C(=O)OC(C)(C)C)[C@@H](C)C3)cc2F)c1. The number of piperazine rings is 1. The van der Waals surface area contributed by atoms with Crippen LogP contribution in [0, 0.1) is 5.82 Å². The molecule has 1 aromatic carbocycles. The fourth-order valence-corrected chi connectivity index (χ4v) is 7.17. The molecule has 0 radical (unpaired) electrons. The molecule has 2 saturated heterocycles. The molecule has 12 nitrogen and oxygen atoms in total. The maximum absolute atomic E-state index is 15.5. The minimum Gasteiger partial charge on any atom is -0.480 e. The standard InChI is InChI=1S/C33H43FN6O6S/c1-22-19-38(20-23(2)40(22)32(41)46-33(3,4)5)21-24-7-8-28(29(34)13-24)25-14-26(17-35-16-25)37-47(42,43)30-15-27(18-36-31(30)44-6)39-9-11-45-12-10-39/h7-8,13-18,22-23,37H,9-12,19-21H2,1-6H3/t22-,23+. The number of anilines is 2. The summed E-state index contributed by atoms with van der Waals surface area (Å²) in [5.74, 6) is -0.503. The van der Waals surface area contributed by atoms with Crippen molar-refractivity contribution in [2.24, 2.45) is 0 Å². The van der Waals surface area contributed by atoms with E-state index in [0.29, 0.717) is 57.2 Å². The van der Waals surface area contributed by atoms with Gasteiger partial charge in [0.15, 0.2) is 4.90 Å². The number of carbonyl (C=O) groups excluding carboxylic acids is 1. The number of hydrogen-bond donors (Lipinski definition) is 1. The number of aromatic nitrogens is 2. The van der Waals surface area contributed by atoms with E-state index in [0.717, 1.165) is 5.56 Å². The molecule has 0 aliphatic carbocycles. The van der Waals surface area contributed by atoms with Crippen LogP contribution in [-0.4, -0.2) is 98.5 Å². The van der Waals surface area contributed by atoms with Gasteiger partial charge in [-0.05, 0) is 58.4 Å². The van der Waals surface area contributed by atoms with Crippen molar-refractivity contribution in [3.8, 4) is 17.0 Å². The molecule has 14 heteroatoms. The first-order valence-electron chi connectivity index (χ1n) is 15.6. The quantitative estimate of drug-likeness (QED) is 0.359. The van der Waals surface area contributed by atoms with Crippen LogP contribution in [0.5, 0.6) is 5.88 Å². The molecule has 4 heterocycles. The maximum atomic E-state index is 15.5. The second kappa shape index (κ2) is 14.0. The summed E-state index contributed by atoms with van der Waals surface area (Å²) in [6.45, 7) is 13.6. The van der Waals surface area contributed by atoms with Crippen LogP contribution in [-0.2, 0) is 26.0 Å². The monoisotopic (exact) mass is 670 g/mol. The van der Waals surface area contributed by atoms with Crippen LogP contribution < -0.4 is 14.4 Å². The molecular formula is C33H43FN6O6S. The molecule has 0 saturated carbocycles. The van der Waals surface area contributed by atoms with Crippen molar-refractivity contribution in [1.29, 1.82) is 0 Å². The number of benzene rings is 1. The third-order valence-electron chi connectivity index (χ3n) is 8.00. The Morgan fingerprint density at radius 2 is 1.77 bits per heavy atom. The van der Waals surface area contributed by atoms with Gasteiger partial charge in [-0.15, -0.1) is 0 Å². The lowest BCUT2D eigenvalue weighted by Crippen LogP contribution is -2.59. The van der Waals surface area contributed by atoms with Gasteiger partial charge in [0.05, 0.1) is 44.1 Å². The van der Waals surface area contributed by atoms with Crippen LogP contribution in [0.15, 0.2) is 53.8 Å². The largest absolute Gasteiger partial charge is 0.480 e. The molecule has 2 aliphatic heterocycles. The van der Waals surface area contributed by atoms with E-state index in [2.05, 4.69) is 19.6 Å². The molecule has 254 valence electrons. The van der Waals surface area contributed by atoms with E-state index < -0.39 is 21.4 Å². The lowest BCUT2D eigenvalue weighted by molar-refractivity contribution is -0.0162. The fourth-order valence-electron chi connectivity index (χ4n) is 6.00. The first-order valence-corrected chi connectivity index (χ1v) is 17.1. The number of methoxy groups -OCH3 is 1.